The van der Waals surface area contributed by atoms with E-state index in [1.54, 1.807) is 19.2 Å². The minimum absolute atomic E-state index is 0.192. The predicted octanol–water partition coefficient (Wildman–Crippen LogP) is 5.18. The number of likely N-dealkylation sites (N-methyl/N-ethyl adjacent to an activating group) is 1. The highest BCUT2D eigenvalue weighted by molar-refractivity contribution is 6.13. The normalized spacial score (nSPS) is 16.2. The number of rotatable bonds is 5. The smallest absolute Gasteiger partial charge is 0.379 e. The number of aromatic nitrogens is 1. The van der Waals surface area contributed by atoms with E-state index in [0.29, 0.717) is 31.0 Å². The molecule has 0 radical (unpaired) electrons. The molecule has 0 bridgehead atoms. The molecule has 3 amide bonds. The standard InChI is InChI=1S/C29H30F3N5O3/c1-3-22-20(17-36-12-14-40-15-13-36)7-5-9-24(22)34-28(39)37-18-26(38)35(2)25-11-10-23(33-27(25)37)19-6-4-8-21(16-19)29(30,31)32/h4-11,16H,3,12-15,17-18H2,1-2H3,(H,34,39). The van der Waals surface area contributed by atoms with Crippen molar-refractivity contribution < 1.29 is 27.5 Å². The summed E-state index contributed by atoms with van der Waals surface area (Å²) < 4.78 is 45.4. The van der Waals surface area contributed by atoms with Crippen LogP contribution in [0.2, 0.25) is 0 Å². The van der Waals surface area contributed by atoms with Crippen molar-refractivity contribution >= 4 is 29.1 Å². The molecule has 8 nitrogen and oxygen atoms in total. The van der Waals surface area contributed by atoms with Crippen molar-refractivity contribution in [1.29, 1.82) is 0 Å². The number of benzene rings is 2. The van der Waals surface area contributed by atoms with E-state index in [4.69, 9.17) is 4.74 Å². The number of amides is 3. The Morgan fingerprint density at radius 2 is 1.82 bits per heavy atom. The Kier molecular flexibility index (Phi) is 7.77. The number of ether oxygens (including phenoxy) is 1. The molecule has 1 N–H and O–H groups in total. The first kappa shape index (κ1) is 27.6. The topological polar surface area (TPSA) is 78.0 Å². The van der Waals surface area contributed by atoms with E-state index >= 15 is 0 Å². The first-order valence-electron chi connectivity index (χ1n) is 13.1. The van der Waals surface area contributed by atoms with Crippen LogP contribution in [0.4, 0.5) is 35.2 Å². The predicted molar refractivity (Wildman–Crippen MR) is 146 cm³/mol. The number of nitrogens with one attached hydrogen (secondary N) is 1. The number of hydrogen-bond donors (Lipinski definition) is 1. The third kappa shape index (κ3) is 5.66. The monoisotopic (exact) mass is 553 g/mol. The number of carbonyl (C=O) groups is 2. The Bertz CT molecular complexity index is 1420. The Labute approximate surface area is 230 Å². The average molecular weight is 554 g/mol. The minimum atomic E-state index is -4.50. The second-order valence-electron chi connectivity index (χ2n) is 9.77. The number of morpholine rings is 1. The molecule has 1 aromatic heterocycles. The Morgan fingerprint density at radius 3 is 2.55 bits per heavy atom. The SMILES string of the molecule is CCc1c(CN2CCOCC2)cccc1NC(=O)N1CC(=O)N(C)c2ccc(-c3cccc(C(F)(F)F)c3)nc21. The van der Waals surface area contributed by atoms with Gasteiger partial charge < -0.3 is 15.0 Å². The summed E-state index contributed by atoms with van der Waals surface area (Å²) in [6, 6.07) is 13.2. The summed E-state index contributed by atoms with van der Waals surface area (Å²) in [5, 5.41) is 2.96. The lowest BCUT2D eigenvalue weighted by Gasteiger charge is -2.33. The van der Waals surface area contributed by atoms with Crippen molar-refractivity contribution in [2.75, 3.05) is 55.0 Å². The lowest BCUT2D eigenvalue weighted by molar-refractivity contribution is -0.137. The fraction of sp³-hybridized carbons (Fsp3) is 0.345. The fourth-order valence-corrected chi connectivity index (χ4v) is 5.04. The number of urea groups is 1. The van der Waals surface area contributed by atoms with Crippen molar-refractivity contribution in [3.8, 4) is 11.3 Å². The maximum absolute atomic E-state index is 13.6. The Morgan fingerprint density at radius 1 is 1.07 bits per heavy atom. The lowest BCUT2D eigenvalue weighted by atomic mass is 10.0. The van der Waals surface area contributed by atoms with Gasteiger partial charge in [0.1, 0.15) is 6.54 Å². The van der Waals surface area contributed by atoms with Gasteiger partial charge >= 0.3 is 12.2 Å². The molecule has 2 aliphatic rings. The van der Waals surface area contributed by atoms with Gasteiger partial charge in [-0.1, -0.05) is 31.2 Å². The number of nitrogens with zero attached hydrogens (tertiary/aromatic N) is 4. The zero-order valence-corrected chi connectivity index (χ0v) is 22.3. The summed E-state index contributed by atoms with van der Waals surface area (Å²) in [4.78, 5) is 35.9. The van der Waals surface area contributed by atoms with Crippen LogP contribution in [0.1, 0.15) is 23.6 Å². The third-order valence-electron chi connectivity index (χ3n) is 7.24. The van der Waals surface area contributed by atoms with Crippen LogP contribution in [0.25, 0.3) is 11.3 Å². The summed E-state index contributed by atoms with van der Waals surface area (Å²) in [5.41, 5.74) is 2.83. The van der Waals surface area contributed by atoms with Crippen LogP contribution in [0, 0.1) is 0 Å². The summed E-state index contributed by atoms with van der Waals surface area (Å²) in [7, 11) is 1.58. The largest absolute Gasteiger partial charge is 0.416 e. The molecular formula is C29H30F3N5O3. The van der Waals surface area contributed by atoms with E-state index in [2.05, 4.69) is 15.2 Å². The second kappa shape index (κ2) is 11.3. The van der Waals surface area contributed by atoms with E-state index in [1.807, 2.05) is 25.1 Å². The van der Waals surface area contributed by atoms with E-state index in [0.717, 1.165) is 42.9 Å². The minimum Gasteiger partial charge on any atom is -0.379 e. The van der Waals surface area contributed by atoms with Crippen molar-refractivity contribution in [3.05, 3.63) is 71.3 Å². The van der Waals surface area contributed by atoms with E-state index in [-0.39, 0.29) is 29.5 Å². The number of hydrogen-bond acceptors (Lipinski definition) is 5. The molecule has 11 heteroatoms. The number of carbonyl (C=O) groups excluding carboxylic acids is 2. The van der Waals surface area contributed by atoms with Crippen LogP contribution in [0.3, 0.4) is 0 Å². The Balaban J connectivity index is 1.45. The van der Waals surface area contributed by atoms with Crippen LogP contribution >= 0.6 is 0 Å². The number of pyridine rings is 1. The van der Waals surface area contributed by atoms with Gasteiger partial charge in [0.05, 0.1) is 30.2 Å². The van der Waals surface area contributed by atoms with Gasteiger partial charge in [0.25, 0.3) is 0 Å². The van der Waals surface area contributed by atoms with Gasteiger partial charge in [0.15, 0.2) is 5.82 Å². The molecule has 2 aliphatic heterocycles. The molecule has 5 rings (SSSR count). The van der Waals surface area contributed by atoms with Crippen LogP contribution in [0.15, 0.2) is 54.6 Å². The van der Waals surface area contributed by atoms with Crippen molar-refractivity contribution in [2.24, 2.45) is 0 Å². The molecule has 0 spiro atoms. The van der Waals surface area contributed by atoms with Crippen LogP contribution in [-0.2, 0) is 28.7 Å². The molecule has 1 fully saturated rings. The molecule has 3 heterocycles. The molecule has 210 valence electrons. The zero-order valence-electron chi connectivity index (χ0n) is 22.3. The number of alkyl halides is 3. The molecule has 0 aliphatic carbocycles. The molecule has 0 unspecified atom stereocenters. The summed E-state index contributed by atoms with van der Waals surface area (Å²) >= 11 is 0. The molecule has 0 saturated carbocycles. The van der Waals surface area contributed by atoms with E-state index in [9.17, 15) is 22.8 Å². The highest BCUT2D eigenvalue weighted by atomic mass is 19.4. The van der Waals surface area contributed by atoms with Crippen LogP contribution < -0.4 is 15.1 Å². The highest BCUT2D eigenvalue weighted by Gasteiger charge is 2.34. The fourth-order valence-electron chi connectivity index (χ4n) is 5.04. The molecule has 0 atom stereocenters. The first-order chi connectivity index (χ1) is 19.2. The lowest BCUT2D eigenvalue weighted by Crippen LogP contribution is -2.48. The van der Waals surface area contributed by atoms with Gasteiger partial charge in [-0.3, -0.25) is 14.6 Å². The number of fused-ring (bicyclic) bond motifs is 1. The molecule has 2 aromatic carbocycles. The summed E-state index contributed by atoms with van der Waals surface area (Å²) in [5.74, 6) is -0.120. The van der Waals surface area contributed by atoms with Gasteiger partial charge in [-0.15, -0.1) is 0 Å². The maximum Gasteiger partial charge on any atom is 0.416 e. The summed E-state index contributed by atoms with van der Waals surface area (Å²) in [6.07, 6.45) is -3.82. The van der Waals surface area contributed by atoms with Crippen LogP contribution in [0.5, 0.6) is 0 Å². The second-order valence-corrected chi connectivity index (χ2v) is 9.77. The highest BCUT2D eigenvalue weighted by Crippen LogP contribution is 2.36. The van der Waals surface area contributed by atoms with Gasteiger partial charge in [-0.05, 0) is 47.9 Å². The number of halogens is 3. The van der Waals surface area contributed by atoms with Crippen molar-refractivity contribution in [3.63, 3.8) is 0 Å². The molecular weight excluding hydrogens is 523 g/mol. The first-order valence-corrected chi connectivity index (χ1v) is 13.1. The molecule has 40 heavy (non-hydrogen) atoms. The molecule has 3 aromatic rings. The average Bonchev–Trinajstić information content (AvgIpc) is 2.95. The van der Waals surface area contributed by atoms with Crippen molar-refractivity contribution in [1.82, 2.24) is 9.88 Å². The van der Waals surface area contributed by atoms with E-state index < -0.39 is 17.8 Å². The number of anilines is 3. The molecule has 1 saturated heterocycles. The van der Waals surface area contributed by atoms with Gasteiger partial charge in [0, 0.05) is 37.9 Å². The summed E-state index contributed by atoms with van der Waals surface area (Å²) in [6.45, 7) is 5.52. The van der Waals surface area contributed by atoms with E-state index in [1.165, 1.54) is 21.9 Å². The van der Waals surface area contributed by atoms with Crippen molar-refractivity contribution in [2.45, 2.75) is 26.1 Å². The zero-order chi connectivity index (χ0) is 28.4. The van der Waals surface area contributed by atoms with Gasteiger partial charge in [-0.25, -0.2) is 9.78 Å². The van der Waals surface area contributed by atoms with Gasteiger partial charge in [0.2, 0.25) is 5.91 Å². The quantitative estimate of drug-likeness (QED) is 0.472. The third-order valence-corrected chi connectivity index (χ3v) is 7.24. The van der Waals surface area contributed by atoms with Gasteiger partial charge in [-0.2, -0.15) is 13.2 Å². The maximum atomic E-state index is 13.6. The Hall–Kier alpha value is -3.96. The van der Waals surface area contributed by atoms with Crippen LogP contribution in [-0.4, -0.2) is 61.7 Å².